The van der Waals surface area contributed by atoms with Crippen LogP contribution < -0.4 is 5.73 Å². The Morgan fingerprint density at radius 2 is 2.20 bits per heavy atom. The molecule has 0 unspecified atom stereocenters. The van der Waals surface area contributed by atoms with Crippen molar-refractivity contribution < 1.29 is 4.79 Å². The molecule has 0 aliphatic carbocycles. The first-order chi connectivity index (χ1) is 12.1. The third-order valence-corrected chi connectivity index (χ3v) is 4.77. The van der Waals surface area contributed by atoms with Gasteiger partial charge in [0.1, 0.15) is 5.82 Å². The van der Waals surface area contributed by atoms with E-state index in [9.17, 15) is 4.79 Å². The van der Waals surface area contributed by atoms with Crippen molar-refractivity contribution in [2.24, 2.45) is 0 Å². The maximum atomic E-state index is 12.9. The average molecular weight is 354 g/mol. The molecule has 5 nitrogen and oxygen atoms in total. The van der Waals surface area contributed by atoms with E-state index in [0.717, 1.165) is 24.1 Å². The topological polar surface area (TPSA) is 72.1 Å². The standard InChI is InChI=1S/C19H22N4OS/c1-3-6-15-9-5-10-23(15)18(24)14-8-4-7-13(11-14)16-12-17(20)22-19(21-16)25-2/h4-5,7-9,11-12,15H,3,6,10H2,1-2H3,(H2,20,21,22)/t15-/m0/s1. The van der Waals surface area contributed by atoms with Gasteiger partial charge in [-0.25, -0.2) is 9.97 Å². The van der Waals surface area contributed by atoms with Gasteiger partial charge in [0.2, 0.25) is 0 Å². The van der Waals surface area contributed by atoms with Crippen molar-refractivity contribution in [2.75, 3.05) is 18.5 Å². The number of nitrogen functional groups attached to an aromatic ring is 1. The number of anilines is 1. The van der Waals surface area contributed by atoms with Crippen molar-refractivity contribution in [3.63, 3.8) is 0 Å². The monoisotopic (exact) mass is 354 g/mol. The molecule has 0 fully saturated rings. The van der Waals surface area contributed by atoms with Gasteiger partial charge in [0.15, 0.2) is 5.16 Å². The van der Waals surface area contributed by atoms with E-state index in [2.05, 4.69) is 29.0 Å². The van der Waals surface area contributed by atoms with Crippen LogP contribution in [0.4, 0.5) is 5.82 Å². The van der Waals surface area contributed by atoms with Gasteiger partial charge < -0.3 is 10.6 Å². The number of nitrogens with two attached hydrogens (primary N) is 1. The molecule has 3 rings (SSSR count). The molecule has 130 valence electrons. The Morgan fingerprint density at radius 3 is 2.96 bits per heavy atom. The minimum Gasteiger partial charge on any atom is -0.384 e. The van der Waals surface area contributed by atoms with Crippen LogP contribution in [0.3, 0.4) is 0 Å². The number of hydrogen-bond donors (Lipinski definition) is 1. The van der Waals surface area contributed by atoms with E-state index in [0.29, 0.717) is 23.1 Å². The molecule has 1 amide bonds. The minimum absolute atomic E-state index is 0.0532. The first-order valence-corrected chi connectivity index (χ1v) is 9.61. The second-order valence-electron chi connectivity index (χ2n) is 5.99. The molecule has 1 aliphatic heterocycles. The summed E-state index contributed by atoms with van der Waals surface area (Å²) in [6.45, 7) is 2.81. The van der Waals surface area contributed by atoms with E-state index < -0.39 is 0 Å². The molecule has 25 heavy (non-hydrogen) atoms. The molecule has 1 aromatic heterocycles. The van der Waals surface area contributed by atoms with E-state index in [1.54, 1.807) is 6.07 Å². The second-order valence-corrected chi connectivity index (χ2v) is 6.76. The van der Waals surface area contributed by atoms with E-state index in [1.807, 2.05) is 35.4 Å². The number of carbonyl (C=O) groups is 1. The zero-order chi connectivity index (χ0) is 17.8. The zero-order valence-corrected chi connectivity index (χ0v) is 15.3. The van der Waals surface area contributed by atoms with Gasteiger partial charge in [-0.05, 0) is 24.8 Å². The lowest BCUT2D eigenvalue weighted by Gasteiger charge is -2.24. The zero-order valence-electron chi connectivity index (χ0n) is 14.5. The molecule has 6 heteroatoms. The molecule has 0 radical (unpaired) electrons. The molecule has 0 spiro atoms. The Hall–Kier alpha value is -2.34. The van der Waals surface area contributed by atoms with Gasteiger partial charge in [0.25, 0.3) is 5.91 Å². The summed E-state index contributed by atoms with van der Waals surface area (Å²) in [6.07, 6.45) is 8.14. The predicted molar refractivity (Wildman–Crippen MR) is 103 cm³/mol. The normalized spacial score (nSPS) is 16.4. The molecular formula is C19H22N4OS. The Balaban J connectivity index is 1.89. The molecule has 2 heterocycles. The number of amides is 1. The van der Waals surface area contributed by atoms with Gasteiger partial charge in [-0.2, -0.15) is 0 Å². The Kier molecular flexibility index (Phi) is 5.38. The van der Waals surface area contributed by atoms with Crippen LogP contribution in [-0.2, 0) is 0 Å². The SMILES string of the molecule is CCC[C@H]1C=CCN1C(=O)c1cccc(-c2cc(N)nc(SC)n2)c1. The Labute approximate surface area is 152 Å². The minimum atomic E-state index is 0.0532. The van der Waals surface area contributed by atoms with Crippen molar-refractivity contribution in [1.82, 2.24) is 14.9 Å². The molecule has 2 aromatic rings. The summed E-state index contributed by atoms with van der Waals surface area (Å²) in [5, 5.41) is 0.624. The highest BCUT2D eigenvalue weighted by Crippen LogP contribution is 2.24. The van der Waals surface area contributed by atoms with E-state index in [4.69, 9.17) is 5.73 Å². The number of hydrogen-bond acceptors (Lipinski definition) is 5. The number of nitrogens with zero attached hydrogens (tertiary/aromatic N) is 3. The highest BCUT2D eigenvalue weighted by atomic mass is 32.2. The van der Waals surface area contributed by atoms with Crippen LogP contribution in [0.15, 0.2) is 47.6 Å². The highest BCUT2D eigenvalue weighted by Gasteiger charge is 2.25. The highest BCUT2D eigenvalue weighted by molar-refractivity contribution is 7.98. The molecule has 0 bridgehead atoms. The van der Waals surface area contributed by atoms with Crippen LogP contribution in [0, 0.1) is 0 Å². The average Bonchev–Trinajstić information content (AvgIpc) is 3.09. The lowest BCUT2D eigenvalue weighted by Crippen LogP contribution is -2.36. The molecule has 1 aliphatic rings. The van der Waals surface area contributed by atoms with Gasteiger partial charge in [-0.1, -0.05) is 49.4 Å². The van der Waals surface area contributed by atoms with E-state index in [-0.39, 0.29) is 11.9 Å². The first-order valence-electron chi connectivity index (χ1n) is 8.39. The van der Waals surface area contributed by atoms with Gasteiger partial charge in [0.05, 0.1) is 11.7 Å². The summed E-state index contributed by atoms with van der Waals surface area (Å²) in [4.78, 5) is 23.5. The maximum absolute atomic E-state index is 12.9. The van der Waals surface area contributed by atoms with Crippen LogP contribution >= 0.6 is 11.8 Å². The fourth-order valence-electron chi connectivity index (χ4n) is 3.01. The van der Waals surface area contributed by atoms with Crippen LogP contribution in [0.1, 0.15) is 30.1 Å². The first kappa shape index (κ1) is 17.5. The van der Waals surface area contributed by atoms with Crippen LogP contribution in [0.5, 0.6) is 0 Å². The summed E-state index contributed by atoms with van der Waals surface area (Å²) in [7, 11) is 0. The lowest BCUT2D eigenvalue weighted by atomic mass is 10.1. The van der Waals surface area contributed by atoms with Crippen LogP contribution in [0.2, 0.25) is 0 Å². The Morgan fingerprint density at radius 1 is 1.36 bits per heavy atom. The van der Waals surface area contributed by atoms with Crippen molar-refractivity contribution in [2.45, 2.75) is 31.0 Å². The van der Waals surface area contributed by atoms with Gasteiger partial charge in [0, 0.05) is 23.7 Å². The number of benzene rings is 1. The summed E-state index contributed by atoms with van der Waals surface area (Å²) in [6, 6.07) is 9.49. The van der Waals surface area contributed by atoms with Crippen molar-refractivity contribution in [3.05, 3.63) is 48.0 Å². The molecule has 1 aromatic carbocycles. The summed E-state index contributed by atoms with van der Waals surface area (Å²) in [5.74, 6) is 0.482. The van der Waals surface area contributed by atoms with Crippen LogP contribution in [-0.4, -0.2) is 39.6 Å². The number of aromatic nitrogens is 2. The molecule has 2 N–H and O–H groups in total. The molecular weight excluding hydrogens is 332 g/mol. The fourth-order valence-corrected chi connectivity index (χ4v) is 3.40. The third-order valence-electron chi connectivity index (χ3n) is 4.22. The smallest absolute Gasteiger partial charge is 0.254 e. The summed E-state index contributed by atoms with van der Waals surface area (Å²) < 4.78 is 0. The summed E-state index contributed by atoms with van der Waals surface area (Å²) >= 11 is 1.44. The summed E-state index contributed by atoms with van der Waals surface area (Å²) in [5.41, 5.74) is 8.15. The van der Waals surface area contributed by atoms with E-state index >= 15 is 0 Å². The Bertz CT molecular complexity index is 806. The molecule has 0 saturated carbocycles. The van der Waals surface area contributed by atoms with Crippen molar-refractivity contribution in [1.29, 1.82) is 0 Å². The lowest BCUT2D eigenvalue weighted by molar-refractivity contribution is 0.0744. The molecule has 1 atom stereocenters. The number of carbonyl (C=O) groups excluding carboxylic acids is 1. The van der Waals surface area contributed by atoms with Gasteiger partial charge >= 0.3 is 0 Å². The van der Waals surface area contributed by atoms with Crippen LogP contribution in [0.25, 0.3) is 11.3 Å². The maximum Gasteiger partial charge on any atom is 0.254 e. The van der Waals surface area contributed by atoms with Gasteiger partial charge in [-0.3, -0.25) is 4.79 Å². The molecule has 0 saturated heterocycles. The third kappa shape index (κ3) is 3.85. The number of thioether (sulfide) groups is 1. The van der Waals surface area contributed by atoms with Crippen molar-refractivity contribution in [3.8, 4) is 11.3 Å². The second kappa shape index (κ2) is 7.70. The fraction of sp³-hybridized carbons (Fsp3) is 0.316. The van der Waals surface area contributed by atoms with Gasteiger partial charge in [-0.15, -0.1) is 0 Å². The number of rotatable bonds is 5. The van der Waals surface area contributed by atoms with E-state index in [1.165, 1.54) is 11.8 Å². The van der Waals surface area contributed by atoms with Crippen molar-refractivity contribution >= 4 is 23.5 Å². The largest absolute Gasteiger partial charge is 0.384 e. The quantitative estimate of drug-likeness (QED) is 0.504. The predicted octanol–water partition coefficient (Wildman–Crippen LogP) is 3.63.